The number of aryl methyl sites for hydroxylation is 1. The highest BCUT2D eigenvalue weighted by molar-refractivity contribution is 5.27. The first-order chi connectivity index (χ1) is 7.72. The fourth-order valence-electron chi connectivity index (χ4n) is 2.52. The van der Waals surface area contributed by atoms with Crippen molar-refractivity contribution in [3.63, 3.8) is 0 Å². The van der Waals surface area contributed by atoms with Crippen LogP contribution in [0.1, 0.15) is 24.0 Å². The highest BCUT2D eigenvalue weighted by Gasteiger charge is 2.43. The number of hydrogen-bond acceptors (Lipinski definition) is 2. The third kappa shape index (κ3) is 2.13. The lowest BCUT2D eigenvalue weighted by Crippen LogP contribution is -2.38. The van der Waals surface area contributed by atoms with Gasteiger partial charge in [0.05, 0.1) is 6.61 Å². The fourth-order valence-corrected chi connectivity index (χ4v) is 2.52. The van der Waals surface area contributed by atoms with Gasteiger partial charge in [-0.15, -0.1) is 0 Å². The molecule has 1 fully saturated rings. The van der Waals surface area contributed by atoms with Crippen LogP contribution in [0.25, 0.3) is 0 Å². The molecule has 0 heterocycles. The van der Waals surface area contributed by atoms with Crippen molar-refractivity contribution in [3.8, 4) is 0 Å². The van der Waals surface area contributed by atoms with Crippen molar-refractivity contribution in [3.05, 3.63) is 35.4 Å². The van der Waals surface area contributed by atoms with Gasteiger partial charge in [0.2, 0.25) is 0 Å². The van der Waals surface area contributed by atoms with Crippen LogP contribution < -0.4 is 5.73 Å². The van der Waals surface area contributed by atoms with E-state index in [9.17, 15) is 5.11 Å². The summed E-state index contributed by atoms with van der Waals surface area (Å²) in [6.45, 7) is 2.92. The molecule has 1 aliphatic carbocycles. The van der Waals surface area contributed by atoms with Gasteiger partial charge in [-0.05, 0) is 43.2 Å². The lowest BCUT2D eigenvalue weighted by Gasteiger charge is -2.31. The van der Waals surface area contributed by atoms with Gasteiger partial charge < -0.3 is 10.8 Å². The molecular formula is C14H21NO. The van der Waals surface area contributed by atoms with Gasteiger partial charge in [-0.1, -0.05) is 24.3 Å². The molecule has 2 rings (SSSR count). The summed E-state index contributed by atoms with van der Waals surface area (Å²) >= 11 is 0. The molecule has 2 nitrogen and oxygen atoms in total. The van der Waals surface area contributed by atoms with Crippen LogP contribution in [0.4, 0.5) is 0 Å². The molecular weight excluding hydrogens is 198 g/mol. The third-order valence-corrected chi connectivity index (χ3v) is 3.97. The Morgan fingerprint density at radius 3 is 2.56 bits per heavy atom. The minimum atomic E-state index is -0.0773. The van der Waals surface area contributed by atoms with Gasteiger partial charge >= 0.3 is 0 Å². The molecule has 0 spiro atoms. The van der Waals surface area contributed by atoms with E-state index in [1.807, 2.05) is 0 Å². The first-order valence-electron chi connectivity index (χ1n) is 6.07. The minimum absolute atomic E-state index is 0.0773. The molecule has 16 heavy (non-hydrogen) atoms. The molecule has 1 aromatic carbocycles. The zero-order valence-electron chi connectivity index (χ0n) is 9.95. The summed E-state index contributed by atoms with van der Waals surface area (Å²) in [5.41, 5.74) is 8.45. The second kappa shape index (κ2) is 4.56. The Hall–Kier alpha value is -0.860. The summed E-state index contributed by atoms with van der Waals surface area (Å²) in [6, 6.07) is 8.39. The first-order valence-corrected chi connectivity index (χ1v) is 6.07. The number of rotatable bonds is 5. The molecule has 1 aromatic rings. The van der Waals surface area contributed by atoms with Crippen LogP contribution >= 0.6 is 0 Å². The summed E-state index contributed by atoms with van der Waals surface area (Å²) < 4.78 is 0. The molecule has 0 bridgehead atoms. The van der Waals surface area contributed by atoms with Gasteiger partial charge in [0, 0.05) is 12.0 Å². The second-order valence-electron chi connectivity index (χ2n) is 5.10. The van der Waals surface area contributed by atoms with Crippen molar-refractivity contribution in [1.29, 1.82) is 0 Å². The SMILES string of the molecule is Cc1ccccc1CC(CN)(CO)C1CC1. The van der Waals surface area contributed by atoms with E-state index >= 15 is 0 Å². The molecule has 0 saturated heterocycles. The quantitative estimate of drug-likeness (QED) is 0.794. The maximum atomic E-state index is 9.66. The van der Waals surface area contributed by atoms with Gasteiger partial charge in [0.25, 0.3) is 0 Å². The molecule has 1 unspecified atom stereocenters. The molecule has 0 aromatic heterocycles. The van der Waals surface area contributed by atoms with E-state index < -0.39 is 0 Å². The Kier molecular flexibility index (Phi) is 3.31. The van der Waals surface area contributed by atoms with Crippen molar-refractivity contribution >= 4 is 0 Å². The van der Waals surface area contributed by atoms with Gasteiger partial charge in [0.1, 0.15) is 0 Å². The van der Waals surface area contributed by atoms with E-state index in [4.69, 9.17) is 5.73 Å². The van der Waals surface area contributed by atoms with Crippen LogP contribution in [0.15, 0.2) is 24.3 Å². The number of aliphatic hydroxyl groups excluding tert-OH is 1. The second-order valence-corrected chi connectivity index (χ2v) is 5.10. The summed E-state index contributed by atoms with van der Waals surface area (Å²) in [5.74, 6) is 0.627. The monoisotopic (exact) mass is 219 g/mol. The lowest BCUT2D eigenvalue weighted by molar-refractivity contribution is 0.109. The predicted molar refractivity (Wildman–Crippen MR) is 66.2 cm³/mol. The zero-order chi connectivity index (χ0) is 11.6. The molecule has 1 atom stereocenters. The van der Waals surface area contributed by atoms with Crippen molar-refractivity contribution < 1.29 is 5.11 Å². The number of nitrogens with two attached hydrogens (primary N) is 1. The average molecular weight is 219 g/mol. The predicted octanol–water partition coefficient (Wildman–Crippen LogP) is 1.88. The summed E-state index contributed by atoms with van der Waals surface area (Å²) in [5, 5.41) is 9.66. The van der Waals surface area contributed by atoms with E-state index in [1.54, 1.807) is 0 Å². The Labute approximate surface area is 97.5 Å². The largest absolute Gasteiger partial charge is 0.396 e. The van der Waals surface area contributed by atoms with Crippen molar-refractivity contribution in [2.24, 2.45) is 17.1 Å². The topological polar surface area (TPSA) is 46.2 Å². The Balaban J connectivity index is 2.20. The number of benzene rings is 1. The van der Waals surface area contributed by atoms with E-state index in [1.165, 1.54) is 24.0 Å². The molecule has 0 aliphatic heterocycles. The number of aliphatic hydroxyl groups is 1. The molecule has 1 saturated carbocycles. The Bertz CT molecular complexity index is 354. The molecule has 3 N–H and O–H groups in total. The molecule has 1 aliphatic rings. The Morgan fingerprint density at radius 1 is 1.38 bits per heavy atom. The third-order valence-electron chi connectivity index (χ3n) is 3.97. The van der Waals surface area contributed by atoms with Crippen molar-refractivity contribution in [2.75, 3.05) is 13.2 Å². The van der Waals surface area contributed by atoms with Crippen molar-refractivity contribution in [2.45, 2.75) is 26.2 Å². The van der Waals surface area contributed by atoms with Crippen LogP contribution in [-0.2, 0) is 6.42 Å². The zero-order valence-corrected chi connectivity index (χ0v) is 9.95. The van der Waals surface area contributed by atoms with E-state index in [0.29, 0.717) is 12.5 Å². The maximum Gasteiger partial charge on any atom is 0.0505 e. The highest BCUT2D eigenvalue weighted by atomic mass is 16.3. The van der Waals surface area contributed by atoms with Crippen LogP contribution in [0, 0.1) is 18.3 Å². The average Bonchev–Trinajstić information content (AvgIpc) is 3.13. The number of hydrogen-bond donors (Lipinski definition) is 2. The summed E-state index contributed by atoms with van der Waals surface area (Å²) in [6.07, 6.45) is 3.37. The maximum absolute atomic E-state index is 9.66. The van der Waals surface area contributed by atoms with E-state index in [0.717, 1.165) is 6.42 Å². The standard InChI is InChI=1S/C14H21NO/c1-11-4-2-3-5-12(11)8-14(9-15,10-16)13-6-7-13/h2-5,13,16H,6-10,15H2,1H3. The molecule has 88 valence electrons. The summed E-state index contributed by atoms with van der Waals surface area (Å²) in [4.78, 5) is 0. The van der Waals surface area contributed by atoms with Crippen LogP contribution in [0.2, 0.25) is 0 Å². The first kappa shape index (κ1) is 11.6. The minimum Gasteiger partial charge on any atom is -0.396 e. The summed E-state index contributed by atoms with van der Waals surface area (Å²) in [7, 11) is 0. The smallest absolute Gasteiger partial charge is 0.0505 e. The molecule has 0 radical (unpaired) electrons. The van der Waals surface area contributed by atoms with Gasteiger partial charge in [-0.3, -0.25) is 0 Å². The lowest BCUT2D eigenvalue weighted by atomic mass is 9.77. The van der Waals surface area contributed by atoms with Gasteiger partial charge in [-0.25, -0.2) is 0 Å². The van der Waals surface area contributed by atoms with E-state index in [2.05, 4.69) is 31.2 Å². The fraction of sp³-hybridized carbons (Fsp3) is 0.571. The Morgan fingerprint density at radius 2 is 2.06 bits per heavy atom. The van der Waals surface area contributed by atoms with Crippen LogP contribution in [0.3, 0.4) is 0 Å². The van der Waals surface area contributed by atoms with E-state index in [-0.39, 0.29) is 12.0 Å². The molecule has 2 heteroatoms. The van der Waals surface area contributed by atoms with Crippen LogP contribution in [0.5, 0.6) is 0 Å². The van der Waals surface area contributed by atoms with Crippen molar-refractivity contribution in [1.82, 2.24) is 0 Å². The van der Waals surface area contributed by atoms with Gasteiger partial charge in [0.15, 0.2) is 0 Å². The normalized spacial score (nSPS) is 19.4. The molecule has 0 amide bonds. The van der Waals surface area contributed by atoms with Crippen LogP contribution in [-0.4, -0.2) is 18.3 Å². The highest BCUT2D eigenvalue weighted by Crippen LogP contribution is 2.47. The van der Waals surface area contributed by atoms with Gasteiger partial charge in [-0.2, -0.15) is 0 Å².